The number of hydrogen-bond donors (Lipinski definition) is 0. The standard InChI is InChI=1S/C27H29N2O4S2/c1-6-17(13-24-28(7-2)20-15-18(26(30)32-4)9-11-22(20)34-24)14-25-29(8-3)21-16-19(27(31)33-5)10-12-23(21)35-25/h9-16H,6-8H2,1-5H3/q+1. The van der Waals surface area contributed by atoms with Crippen molar-refractivity contribution in [2.75, 3.05) is 25.7 Å². The lowest BCUT2D eigenvalue weighted by molar-refractivity contribution is -0.665. The minimum atomic E-state index is -0.329. The summed E-state index contributed by atoms with van der Waals surface area (Å²) in [7, 11) is 2.80. The van der Waals surface area contributed by atoms with Crippen LogP contribution >= 0.6 is 23.1 Å². The van der Waals surface area contributed by atoms with E-state index in [1.807, 2.05) is 36.4 Å². The number of carbonyl (C=O) groups excluding carboxylic acids is 2. The molecule has 0 unspecified atom stereocenters. The Kier molecular flexibility index (Phi) is 7.62. The van der Waals surface area contributed by atoms with Crippen molar-refractivity contribution in [3.8, 4) is 0 Å². The van der Waals surface area contributed by atoms with E-state index in [2.05, 4.69) is 42.4 Å². The molecule has 1 aliphatic rings. The highest BCUT2D eigenvalue weighted by Gasteiger charge is 2.26. The van der Waals surface area contributed by atoms with Gasteiger partial charge in [-0.1, -0.05) is 30.0 Å². The molecule has 2 aromatic carbocycles. The Morgan fingerprint density at radius 1 is 1.00 bits per heavy atom. The molecule has 6 nitrogen and oxygen atoms in total. The van der Waals surface area contributed by atoms with Crippen LogP contribution in [0, 0.1) is 0 Å². The number of thiazole rings is 1. The molecule has 35 heavy (non-hydrogen) atoms. The van der Waals surface area contributed by atoms with Crippen LogP contribution in [0.4, 0.5) is 5.69 Å². The molecule has 0 saturated carbocycles. The van der Waals surface area contributed by atoms with Crippen molar-refractivity contribution in [2.45, 2.75) is 38.6 Å². The van der Waals surface area contributed by atoms with E-state index < -0.39 is 0 Å². The number of methoxy groups -OCH3 is 2. The number of ether oxygens (including phenoxy) is 2. The predicted octanol–water partition coefficient (Wildman–Crippen LogP) is 6.05. The minimum Gasteiger partial charge on any atom is -0.465 e. The molecule has 1 aromatic heterocycles. The van der Waals surface area contributed by atoms with E-state index >= 15 is 0 Å². The maximum Gasteiger partial charge on any atom is 0.338 e. The Morgan fingerprint density at radius 3 is 2.31 bits per heavy atom. The van der Waals surface area contributed by atoms with Crippen molar-refractivity contribution < 1.29 is 23.6 Å². The second-order valence-electron chi connectivity index (χ2n) is 7.93. The number of thioether (sulfide) groups is 1. The second-order valence-corrected chi connectivity index (χ2v) is 10.1. The van der Waals surface area contributed by atoms with Gasteiger partial charge < -0.3 is 14.4 Å². The first-order valence-corrected chi connectivity index (χ1v) is 13.2. The first-order valence-electron chi connectivity index (χ1n) is 11.6. The molecule has 0 radical (unpaired) electrons. The third-order valence-electron chi connectivity index (χ3n) is 5.96. The molecule has 1 aliphatic heterocycles. The van der Waals surface area contributed by atoms with E-state index in [1.54, 1.807) is 23.1 Å². The van der Waals surface area contributed by atoms with Gasteiger partial charge in [0, 0.05) is 23.6 Å². The van der Waals surface area contributed by atoms with E-state index in [0.717, 1.165) is 50.3 Å². The van der Waals surface area contributed by atoms with Crippen LogP contribution in [0.3, 0.4) is 0 Å². The summed E-state index contributed by atoms with van der Waals surface area (Å²) < 4.78 is 13.2. The summed E-state index contributed by atoms with van der Waals surface area (Å²) in [5.74, 6) is -0.658. The fourth-order valence-electron chi connectivity index (χ4n) is 4.12. The second kappa shape index (κ2) is 10.7. The van der Waals surface area contributed by atoms with Crippen LogP contribution in [-0.2, 0) is 16.0 Å². The lowest BCUT2D eigenvalue weighted by Crippen LogP contribution is -2.33. The maximum absolute atomic E-state index is 12.0. The van der Waals surface area contributed by atoms with Crippen LogP contribution in [0.2, 0.25) is 0 Å². The molecule has 3 aromatic rings. The van der Waals surface area contributed by atoms with Gasteiger partial charge in [0.05, 0.1) is 36.1 Å². The molecule has 2 heterocycles. The number of rotatable bonds is 7. The van der Waals surface area contributed by atoms with E-state index in [1.165, 1.54) is 19.8 Å². The van der Waals surface area contributed by atoms with Crippen molar-refractivity contribution in [2.24, 2.45) is 0 Å². The quantitative estimate of drug-likeness (QED) is 0.286. The van der Waals surface area contributed by atoms with Crippen LogP contribution in [0.15, 0.2) is 58.0 Å². The maximum atomic E-state index is 12.0. The molecule has 4 rings (SSSR count). The zero-order valence-corrected chi connectivity index (χ0v) is 22.2. The number of esters is 2. The summed E-state index contributed by atoms with van der Waals surface area (Å²) in [6, 6.07) is 11.4. The number of aromatic nitrogens is 1. The van der Waals surface area contributed by atoms with E-state index in [-0.39, 0.29) is 11.9 Å². The summed E-state index contributed by atoms with van der Waals surface area (Å²) in [5, 5.41) is 2.27. The molecule has 0 fully saturated rings. The zero-order chi connectivity index (χ0) is 25.1. The Balaban J connectivity index is 1.72. The van der Waals surface area contributed by atoms with Gasteiger partial charge in [-0.2, -0.15) is 4.57 Å². The zero-order valence-electron chi connectivity index (χ0n) is 20.6. The Bertz CT molecular complexity index is 1360. The van der Waals surface area contributed by atoms with Crippen LogP contribution in [0.5, 0.6) is 0 Å². The summed E-state index contributed by atoms with van der Waals surface area (Å²) in [4.78, 5) is 27.4. The van der Waals surface area contributed by atoms with Gasteiger partial charge in [-0.15, -0.1) is 0 Å². The van der Waals surface area contributed by atoms with Gasteiger partial charge in [-0.3, -0.25) is 0 Å². The summed E-state index contributed by atoms with van der Waals surface area (Å²) in [5.41, 5.74) is 4.37. The van der Waals surface area contributed by atoms with Gasteiger partial charge in [0.1, 0.15) is 11.2 Å². The average Bonchev–Trinajstić information content (AvgIpc) is 3.42. The van der Waals surface area contributed by atoms with Gasteiger partial charge in [0.15, 0.2) is 0 Å². The monoisotopic (exact) mass is 509 g/mol. The van der Waals surface area contributed by atoms with E-state index in [0.29, 0.717) is 11.1 Å². The molecule has 0 amide bonds. The Hall–Kier alpha value is -3.10. The van der Waals surface area contributed by atoms with E-state index in [9.17, 15) is 9.59 Å². The van der Waals surface area contributed by atoms with Gasteiger partial charge >= 0.3 is 11.9 Å². The van der Waals surface area contributed by atoms with Gasteiger partial charge in [-0.25, -0.2) is 9.59 Å². The number of nitrogens with zero attached hydrogens (tertiary/aromatic N) is 2. The van der Waals surface area contributed by atoms with Crippen molar-refractivity contribution >= 4 is 57.0 Å². The number of aryl methyl sites for hydroxylation is 1. The molecule has 0 atom stereocenters. The molecule has 0 N–H and O–H groups in total. The molecule has 0 bridgehead atoms. The lowest BCUT2D eigenvalue weighted by Gasteiger charge is -2.18. The fraction of sp³-hybridized carbons (Fsp3) is 0.296. The Morgan fingerprint density at radius 2 is 1.69 bits per heavy atom. The van der Waals surface area contributed by atoms with Gasteiger partial charge in [-0.05, 0) is 62.2 Å². The number of benzene rings is 2. The summed E-state index contributed by atoms with van der Waals surface area (Å²) in [6.07, 6.45) is 5.34. The number of carbonyl (C=O) groups is 2. The molecule has 8 heteroatoms. The molecule has 0 saturated heterocycles. The van der Waals surface area contributed by atoms with Crippen LogP contribution in [-0.4, -0.2) is 32.7 Å². The molecular weight excluding hydrogens is 480 g/mol. The van der Waals surface area contributed by atoms with Crippen LogP contribution < -0.4 is 9.47 Å². The molecule has 0 aliphatic carbocycles. The largest absolute Gasteiger partial charge is 0.465 e. The van der Waals surface area contributed by atoms with Crippen LogP contribution in [0.25, 0.3) is 16.3 Å². The minimum absolute atomic E-state index is 0.329. The lowest BCUT2D eigenvalue weighted by atomic mass is 10.1. The van der Waals surface area contributed by atoms with Gasteiger partial charge in [0.2, 0.25) is 5.52 Å². The van der Waals surface area contributed by atoms with Crippen molar-refractivity contribution in [3.05, 3.63) is 69.2 Å². The van der Waals surface area contributed by atoms with Crippen molar-refractivity contribution in [1.29, 1.82) is 0 Å². The highest BCUT2D eigenvalue weighted by Crippen LogP contribution is 2.46. The van der Waals surface area contributed by atoms with Crippen molar-refractivity contribution in [1.82, 2.24) is 0 Å². The number of fused-ring (bicyclic) bond motifs is 2. The third-order valence-corrected chi connectivity index (χ3v) is 8.19. The highest BCUT2D eigenvalue weighted by atomic mass is 32.2. The fourth-order valence-corrected chi connectivity index (χ4v) is 6.49. The number of allylic oxidation sites excluding steroid dienone is 2. The summed E-state index contributed by atoms with van der Waals surface area (Å²) >= 11 is 3.43. The Labute approximate surface area is 213 Å². The molecule has 182 valence electrons. The first kappa shape index (κ1) is 25.0. The first-order chi connectivity index (χ1) is 16.9. The number of hydrogen-bond acceptors (Lipinski definition) is 7. The summed E-state index contributed by atoms with van der Waals surface area (Å²) in [6.45, 7) is 7.96. The predicted molar refractivity (Wildman–Crippen MR) is 142 cm³/mol. The van der Waals surface area contributed by atoms with E-state index in [4.69, 9.17) is 9.47 Å². The van der Waals surface area contributed by atoms with Gasteiger partial charge in [0.25, 0.3) is 5.01 Å². The highest BCUT2D eigenvalue weighted by molar-refractivity contribution is 8.03. The third kappa shape index (κ3) is 4.86. The average molecular weight is 510 g/mol. The molecular formula is C27H29N2O4S2+. The smallest absolute Gasteiger partial charge is 0.338 e. The topological polar surface area (TPSA) is 59.7 Å². The normalized spacial score (nSPS) is 14.5. The SMILES string of the molecule is CCC(=C/c1sc2ccc(C(=O)OC)cc2[n+]1CC)/C=C1\Sc2ccc(C(=O)OC)cc2N1CC. The van der Waals surface area contributed by atoms with Crippen LogP contribution in [0.1, 0.15) is 52.9 Å². The molecule has 0 spiro atoms. The number of anilines is 1. The van der Waals surface area contributed by atoms with Crippen molar-refractivity contribution in [3.63, 3.8) is 0 Å².